The van der Waals surface area contributed by atoms with E-state index in [2.05, 4.69) is 4.98 Å². The molecule has 1 rings (SSSR count). The molecule has 2 nitrogen and oxygen atoms in total. The van der Waals surface area contributed by atoms with Crippen LogP contribution < -0.4 is 5.73 Å². The molecule has 0 aromatic carbocycles. The SMILES string of the molecule is NCc1ncc(C(F)(F)F)[c]c1Cl. The average Bonchev–Trinajstić information content (AvgIpc) is 2.02. The first-order chi connectivity index (χ1) is 5.95. The molecule has 1 radical (unpaired) electrons. The van der Waals surface area contributed by atoms with Crippen LogP contribution in [0.4, 0.5) is 13.2 Å². The first-order valence-corrected chi connectivity index (χ1v) is 3.67. The van der Waals surface area contributed by atoms with E-state index in [1.165, 1.54) is 0 Å². The van der Waals surface area contributed by atoms with Crippen LogP contribution in [0.3, 0.4) is 0 Å². The molecule has 0 spiro atoms. The van der Waals surface area contributed by atoms with Crippen LogP contribution in [0, 0.1) is 6.07 Å². The lowest BCUT2D eigenvalue weighted by Gasteiger charge is -2.06. The normalized spacial score (nSPS) is 11.8. The lowest BCUT2D eigenvalue weighted by atomic mass is 10.2. The summed E-state index contributed by atoms with van der Waals surface area (Å²) < 4.78 is 36.1. The third-order valence-corrected chi connectivity index (χ3v) is 1.66. The van der Waals surface area contributed by atoms with Gasteiger partial charge in [0.15, 0.2) is 0 Å². The Labute approximate surface area is 77.5 Å². The zero-order valence-electron chi connectivity index (χ0n) is 6.32. The molecule has 6 heteroatoms. The van der Waals surface area contributed by atoms with E-state index in [0.29, 0.717) is 6.20 Å². The molecule has 0 saturated carbocycles. The van der Waals surface area contributed by atoms with Gasteiger partial charge in [0.25, 0.3) is 0 Å². The minimum atomic E-state index is -4.47. The van der Waals surface area contributed by atoms with Crippen LogP contribution in [-0.4, -0.2) is 4.98 Å². The number of nitrogens with zero attached hydrogens (tertiary/aromatic N) is 1. The fraction of sp³-hybridized carbons (Fsp3) is 0.286. The number of alkyl halides is 3. The average molecular weight is 210 g/mol. The standard InChI is InChI=1S/C7H5ClF3N2/c8-5-1-4(7(9,10)11)3-13-6(5)2-12/h3H,2,12H2. The van der Waals surface area contributed by atoms with Crippen molar-refractivity contribution in [3.8, 4) is 0 Å². The molecule has 0 aliphatic rings. The van der Waals surface area contributed by atoms with Crippen molar-refractivity contribution in [2.75, 3.05) is 0 Å². The van der Waals surface area contributed by atoms with Crippen molar-refractivity contribution < 1.29 is 13.2 Å². The van der Waals surface area contributed by atoms with Crippen molar-refractivity contribution in [2.45, 2.75) is 12.7 Å². The van der Waals surface area contributed by atoms with Crippen LogP contribution in [0.25, 0.3) is 0 Å². The Morgan fingerprint density at radius 3 is 2.54 bits per heavy atom. The third-order valence-electron chi connectivity index (χ3n) is 1.35. The zero-order chi connectivity index (χ0) is 10.1. The Hall–Kier alpha value is -0.810. The highest BCUT2D eigenvalue weighted by molar-refractivity contribution is 6.31. The van der Waals surface area contributed by atoms with E-state index in [-0.39, 0.29) is 17.3 Å². The molecular formula is C7H5ClF3N2. The van der Waals surface area contributed by atoms with Gasteiger partial charge in [-0.05, 0) is 0 Å². The summed E-state index contributed by atoms with van der Waals surface area (Å²) in [4.78, 5) is 3.45. The van der Waals surface area contributed by atoms with Crippen LogP contribution in [0.5, 0.6) is 0 Å². The van der Waals surface area contributed by atoms with Crippen LogP contribution in [0.1, 0.15) is 11.3 Å². The number of halogens is 4. The highest BCUT2D eigenvalue weighted by atomic mass is 35.5. The molecule has 1 aromatic rings. The van der Waals surface area contributed by atoms with E-state index in [1.54, 1.807) is 0 Å². The predicted molar refractivity (Wildman–Crippen MR) is 41.0 cm³/mol. The summed E-state index contributed by atoms with van der Waals surface area (Å²) in [6, 6.07) is 1.96. The maximum absolute atomic E-state index is 12.0. The number of hydrogen-bond donors (Lipinski definition) is 1. The van der Waals surface area contributed by atoms with E-state index in [0.717, 1.165) is 0 Å². The van der Waals surface area contributed by atoms with Gasteiger partial charge in [-0.2, -0.15) is 13.2 Å². The predicted octanol–water partition coefficient (Wildman–Crippen LogP) is 2.01. The Morgan fingerprint density at radius 1 is 1.54 bits per heavy atom. The molecular weight excluding hydrogens is 205 g/mol. The number of rotatable bonds is 1. The van der Waals surface area contributed by atoms with Crippen LogP contribution in [-0.2, 0) is 12.7 Å². The largest absolute Gasteiger partial charge is 0.418 e. The van der Waals surface area contributed by atoms with Crippen LogP contribution >= 0.6 is 11.6 Å². The van der Waals surface area contributed by atoms with Crippen molar-refractivity contribution in [3.05, 3.63) is 28.5 Å². The Morgan fingerprint density at radius 2 is 2.15 bits per heavy atom. The van der Waals surface area contributed by atoms with Gasteiger partial charge in [-0.1, -0.05) is 11.6 Å². The summed E-state index contributed by atoms with van der Waals surface area (Å²) in [6.45, 7) is -0.00648. The van der Waals surface area contributed by atoms with Gasteiger partial charge in [0, 0.05) is 18.8 Å². The third kappa shape index (κ3) is 2.32. The molecule has 0 atom stereocenters. The summed E-state index contributed by atoms with van der Waals surface area (Å²) in [6.07, 6.45) is -3.81. The fourth-order valence-corrected chi connectivity index (χ4v) is 0.936. The molecule has 2 N–H and O–H groups in total. The summed E-state index contributed by atoms with van der Waals surface area (Å²) in [5, 5.41) is -0.183. The van der Waals surface area contributed by atoms with Gasteiger partial charge in [-0.3, -0.25) is 4.98 Å². The smallest absolute Gasteiger partial charge is 0.325 e. The van der Waals surface area contributed by atoms with Gasteiger partial charge in [0.2, 0.25) is 0 Å². The number of nitrogens with two attached hydrogens (primary N) is 1. The first-order valence-electron chi connectivity index (χ1n) is 3.29. The number of pyridine rings is 1. The molecule has 0 saturated heterocycles. The summed E-state index contributed by atoms with van der Waals surface area (Å²) in [5.41, 5.74) is 4.37. The Bertz CT molecular complexity index is 311. The molecule has 0 aliphatic heterocycles. The summed E-state index contributed by atoms with van der Waals surface area (Å²) in [5.74, 6) is 0. The molecule has 0 amide bonds. The number of hydrogen-bond acceptors (Lipinski definition) is 2. The molecule has 0 aliphatic carbocycles. The summed E-state index contributed by atoms with van der Waals surface area (Å²) in [7, 11) is 0. The van der Waals surface area contributed by atoms with Gasteiger partial charge < -0.3 is 5.73 Å². The highest BCUT2D eigenvalue weighted by Gasteiger charge is 2.31. The molecule has 71 valence electrons. The Balaban J connectivity index is 3.10. The van der Waals surface area contributed by atoms with Crippen molar-refractivity contribution in [3.63, 3.8) is 0 Å². The van der Waals surface area contributed by atoms with Gasteiger partial charge >= 0.3 is 6.18 Å². The second-order valence-corrected chi connectivity index (χ2v) is 2.64. The van der Waals surface area contributed by atoms with E-state index < -0.39 is 11.7 Å². The fourth-order valence-electron chi connectivity index (χ4n) is 0.708. The van der Waals surface area contributed by atoms with Crippen molar-refractivity contribution in [1.82, 2.24) is 4.98 Å². The second kappa shape index (κ2) is 3.51. The lowest BCUT2D eigenvalue weighted by Crippen LogP contribution is -2.08. The minimum absolute atomic E-state index is 0.00648. The van der Waals surface area contributed by atoms with E-state index in [9.17, 15) is 13.2 Å². The molecule has 0 unspecified atom stereocenters. The highest BCUT2D eigenvalue weighted by Crippen LogP contribution is 2.30. The second-order valence-electron chi connectivity index (χ2n) is 2.26. The minimum Gasteiger partial charge on any atom is -0.325 e. The molecule has 1 heterocycles. The van der Waals surface area contributed by atoms with Crippen LogP contribution in [0.15, 0.2) is 6.20 Å². The number of aromatic nitrogens is 1. The van der Waals surface area contributed by atoms with Crippen molar-refractivity contribution in [2.24, 2.45) is 5.73 Å². The van der Waals surface area contributed by atoms with Crippen molar-refractivity contribution in [1.29, 1.82) is 0 Å². The molecule has 0 fully saturated rings. The van der Waals surface area contributed by atoms with Gasteiger partial charge in [-0.25, -0.2) is 0 Å². The topological polar surface area (TPSA) is 38.9 Å². The molecule has 13 heavy (non-hydrogen) atoms. The molecule has 1 aromatic heterocycles. The first kappa shape index (κ1) is 10.3. The maximum Gasteiger partial charge on any atom is 0.418 e. The maximum atomic E-state index is 12.0. The van der Waals surface area contributed by atoms with Crippen molar-refractivity contribution >= 4 is 11.6 Å². The van der Waals surface area contributed by atoms with Gasteiger partial charge in [0.05, 0.1) is 16.3 Å². The zero-order valence-corrected chi connectivity index (χ0v) is 7.08. The van der Waals surface area contributed by atoms with E-state index >= 15 is 0 Å². The van der Waals surface area contributed by atoms with Crippen LogP contribution in [0.2, 0.25) is 5.02 Å². The Kier molecular flexibility index (Phi) is 2.77. The summed E-state index contributed by atoms with van der Waals surface area (Å²) >= 11 is 5.44. The van der Waals surface area contributed by atoms with Gasteiger partial charge in [-0.15, -0.1) is 0 Å². The van der Waals surface area contributed by atoms with E-state index in [4.69, 9.17) is 17.3 Å². The van der Waals surface area contributed by atoms with E-state index in [1.807, 2.05) is 6.07 Å². The molecule has 0 bridgehead atoms. The monoisotopic (exact) mass is 209 g/mol. The van der Waals surface area contributed by atoms with Gasteiger partial charge in [0.1, 0.15) is 0 Å². The quantitative estimate of drug-likeness (QED) is 0.769. The lowest BCUT2D eigenvalue weighted by molar-refractivity contribution is -0.138.